The second-order valence-electron chi connectivity index (χ2n) is 7.11. The Morgan fingerprint density at radius 1 is 1.24 bits per heavy atom. The molecule has 3 rings (SSSR count). The van der Waals surface area contributed by atoms with E-state index in [-0.39, 0.29) is 11.9 Å². The number of aromatic nitrogens is 2. The minimum absolute atomic E-state index is 0.0788. The van der Waals surface area contributed by atoms with Gasteiger partial charge in [0.05, 0.1) is 11.7 Å². The van der Waals surface area contributed by atoms with Crippen LogP contribution >= 0.6 is 0 Å². The van der Waals surface area contributed by atoms with E-state index < -0.39 is 0 Å². The smallest absolute Gasteiger partial charge is 0.272 e. The Kier molecular flexibility index (Phi) is 5.23. The molecule has 1 fully saturated rings. The van der Waals surface area contributed by atoms with Crippen LogP contribution < -0.4 is 0 Å². The first-order valence-electron chi connectivity index (χ1n) is 9.13. The molecule has 0 radical (unpaired) electrons. The molecule has 0 N–H and O–H groups in total. The highest BCUT2D eigenvalue weighted by molar-refractivity contribution is 5.93. The van der Waals surface area contributed by atoms with Crippen LogP contribution in [0, 0.1) is 0 Å². The van der Waals surface area contributed by atoms with E-state index in [4.69, 9.17) is 0 Å². The van der Waals surface area contributed by atoms with E-state index in [1.54, 1.807) is 0 Å². The van der Waals surface area contributed by atoms with E-state index in [2.05, 4.69) is 43.0 Å². The molecule has 1 aliphatic rings. The van der Waals surface area contributed by atoms with E-state index in [0.29, 0.717) is 18.2 Å². The fraction of sp³-hybridized carbons (Fsp3) is 0.500. The molecular formula is C20H28N4O. The molecule has 2 aromatic rings. The minimum Gasteiger partial charge on any atom is -0.328 e. The summed E-state index contributed by atoms with van der Waals surface area (Å²) in [6, 6.07) is 12.4. The van der Waals surface area contributed by atoms with Crippen LogP contribution in [0.15, 0.2) is 36.4 Å². The van der Waals surface area contributed by atoms with E-state index in [1.165, 1.54) is 5.56 Å². The highest BCUT2D eigenvalue weighted by Crippen LogP contribution is 2.27. The number of benzene rings is 1. The van der Waals surface area contributed by atoms with Crippen LogP contribution in [-0.4, -0.2) is 52.2 Å². The SMILES string of the molecule is CCn1nc(C(C)C)cc1C(=O)N1CCN(C)CC1c1ccccc1. The quantitative estimate of drug-likeness (QED) is 0.858. The van der Waals surface area contributed by atoms with Crippen molar-refractivity contribution in [3.63, 3.8) is 0 Å². The van der Waals surface area contributed by atoms with Crippen LogP contribution in [0.25, 0.3) is 0 Å². The molecule has 0 bridgehead atoms. The molecule has 0 spiro atoms. The van der Waals surface area contributed by atoms with Gasteiger partial charge in [0.15, 0.2) is 0 Å². The number of hydrogen-bond acceptors (Lipinski definition) is 3. The fourth-order valence-corrected chi connectivity index (χ4v) is 3.40. The summed E-state index contributed by atoms with van der Waals surface area (Å²) in [7, 11) is 2.12. The van der Waals surface area contributed by atoms with Gasteiger partial charge in [0.2, 0.25) is 0 Å². The molecule has 1 amide bonds. The Labute approximate surface area is 150 Å². The third kappa shape index (κ3) is 3.61. The van der Waals surface area contributed by atoms with Crippen LogP contribution in [0.2, 0.25) is 0 Å². The summed E-state index contributed by atoms with van der Waals surface area (Å²) in [6.07, 6.45) is 0. The zero-order chi connectivity index (χ0) is 18.0. The van der Waals surface area contributed by atoms with Gasteiger partial charge in [-0.3, -0.25) is 9.48 Å². The predicted molar refractivity (Wildman–Crippen MR) is 99.7 cm³/mol. The lowest BCUT2D eigenvalue weighted by Gasteiger charge is -2.40. The Morgan fingerprint density at radius 3 is 2.60 bits per heavy atom. The van der Waals surface area contributed by atoms with Gasteiger partial charge in [0.25, 0.3) is 5.91 Å². The van der Waals surface area contributed by atoms with E-state index in [9.17, 15) is 4.79 Å². The molecule has 25 heavy (non-hydrogen) atoms. The molecule has 0 aliphatic carbocycles. The Bertz CT molecular complexity index is 723. The standard InChI is InChI=1S/C20H28N4O/c1-5-24-18(13-17(21-24)15(2)3)20(25)23-12-11-22(4)14-19(23)16-9-7-6-8-10-16/h6-10,13,15,19H,5,11-12,14H2,1-4H3. The molecule has 5 nitrogen and oxygen atoms in total. The van der Waals surface area contributed by atoms with Crippen molar-refractivity contribution < 1.29 is 4.79 Å². The summed E-state index contributed by atoms with van der Waals surface area (Å²) >= 11 is 0. The number of hydrogen-bond donors (Lipinski definition) is 0. The minimum atomic E-state index is 0.0788. The maximum Gasteiger partial charge on any atom is 0.272 e. The van der Waals surface area contributed by atoms with Crippen molar-refractivity contribution >= 4 is 5.91 Å². The van der Waals surface area contributed by atoms with Crippen LogP contribution in [-0.2, 0) is 6.54 Å². The molecule has 1 saturated heterocycles. The zero-order valence-electron chi connectivity index (χ0n) is 15.6. The topological polar surface area (TPSA) is 41.4 Å². The molecule has 2 heterocycles. The predicted octanol–water partition coefficient (Wildman–Crippen LogP) is 3.16. The molecule has 1 aromatic carbocycles. The number of amides is 1. The number of piperazine rings is 1. The van der Waals surface area contributed by atoms with Gasteiger partial charge in [-0.15, -0.1) is 0 Å². The summed E-state index contributed by atoms with van der Waals surface area (Å²) < 4.78 is 1.85. The van der Waals surface area contributed by atoms with E-state index >= 15 is 0 Å². The average molecular weight is 340 g/mol. The van der Waals surface area contributed by atoms with Crippen molar-refractivity contribution in [2.45, 2.75) is 39.3 Å². The monoisotopic (exact) mass is 340 g/mol. The first-order valence-corrected chi connectivity index (χ1v) is 9.13. The van der Waals surface area contributed by atoms with Gasteiger partial charge < -0.3 is 9.80 Å². The van der Waals surface area contributed by atoms with Crippen LogP contribution in [0.1, 0.15) is 54.5 Å². The number of nitrogens with zero attached hydrogens (tertiary/aromatic N) is 4. The van der Waals surface area contributed by atoms with Gasteiger partial charge >= 0.3 is 0 Å². The maximum absolute atomic E-state index is 13.4. The van der Waals surface area contributed by atoms with Crippen molar-refractivity contribution in [1.82, 2.24) is 19.6 Å². The summed E-state index contributed by atoms with van der Waals surface area (Å²) in [5.74, 6) is 0.403. The third-order valence-corrected chi connectivity index (χ3v) is 4.94. The van der Waals surface area contributed by atoms with Crippen molar-refractivity contribution in [3.05, 3.63) is 53.3 Å². The van der Waals surface area contributed by atoms with Crippen LogP contribution in [0.3, 0.4) is 0 Å². The Hall–Kier alpha value is -2.14. The Balaban J connectivity index is 1.94. The molecule has 1 unspecified atom stereocenters. The number of aryl methyl sites for hydroxylation is 1. The summed E-state index contributed by atoms with van der Waals surface area (Å²) in [5, 5.41) is 4.62. The van der Waals surface area contributed by atoms with Gasteiger partial charge in [0.1, 0.15) is 5.69 Å². The van der Waals surface area contributed by atoms with E-state index in [0.717, 1.165) is 25.3 Å². The van der Waals surface area contributed by atoms with Crippen molar-refractivity contribution in [2.75, 3.05) is 26.7 Å². The second-order valence-corrected chi connectivity index (χ2v) is 7.11. The number of carbonyl (C=O) groups is 1. The summed E-state index contributed by atoms with van der Waals surface area (Å²) in [6.45, 7) is 9.45. The zero-order valence-corrected chi connectivity index (χ0v) is 15.6. The number of likely N-dealkylation sites (N-methyl/N-ethyl adjacent to an activating group) is 1. The first kappa shape index (κ1) is 17.7. The highest BCUT2D eigenvalue weighted by Gasteiger charge is 2.32. The molecular weight excluding hydrogens is 312 g/mol. The highest BCUT2D eigenvalue weighted by atomic mass is 16.2. The third-order valence-electron chi connectivity index (χ3n) is 4.94. The maximum atomic E-state index is 13.4. The summed E-state index contributed by atoms with van der Waals surface area (Å²) in [5.41, 5.74) is 2.88. The van der Waals surface area contributed by atoms with Gasteiger partial charge in [-0.05, 0) is 31.5 Å². The molecule has 134 valence electrons. The molecule has 1 aliphatic heterocycles. The van der Waals surface area contributed by atoms with Crippen LogP contribution in [0.4, 0.5) is 0 Å². The average Bonchev–Trinajstić information content (AvgIpc) is 3.06. The van der Waals surface area contributed by atoms with Gasteiger partial charge in [-0.1, -0.05) is 44.2 Å². The number of carbonyl (C=O) groups excluding carboxylic acids is 1. The van der Waals surface area contributed by atoms with Crippen molar-refractivity contribution in [3.8, 4) is 0 Å². The second kappa shape index (κ2) is 7.40. The van der Waals surface area contributed by atoms with Gasteiger partial charge in [-0.25, -0.2) is 0 Å². The van der Waals surface area contributed by atoms with Crippen molar-refractivity contribution in [2.24, 2.45) is 0 Å². The normalized spacial score (nSPS) is 18.8. The largest absolute Gasteiger partial charge is 0.328 e. The van der Waals surface area contributed by atoms with Crippen molar-refractivity contribution in [1.29, 1.82) is 0 Å². The fourth-order valence-electron chi connectivity index (χ4n) is 3.40. The van der Waals surface area contributed by atoms with Gasteiger partial charge in [-0.2, -0.15) is 5.10 Å². The Morgan fingerprint density at radius 2 is 1.96 bits per heavy atom. The molecule has 0 saturated carbocycles. The summed E-state index contributed by atoms with van der Waals surface area (Å²) in [4.78, 5) is 17.7. The molecule has 1 aromatic heterocycles. The lowest BCUT2D eigenvalue weighted by Crippen LogP contribution is -2.49. The molecule has 5 heteroatoms. The number of rotatable bonds is 4. The van der Waals surface area contributed by atoms with Gasteiger partial charge in [0, 0.05) is 26.2 Å². The van der Waals surface area contributed by atoms with Crippen LogP contribution in [0.5, 0.6) is 0 Å². The lowest BCUT2D eigenvalue weighted by molar-refractivity contribution is 0.0486. The lowest BCUT2D eigenvalue weighted by atomic mass is 10.0. The molecule has 1 atom stereocenters. The first-order chi connectivity index (χ1) is 12.0. The van der Waals surface area contributed by atoms with E-state index in [1.807, 2.05) is 40.8 Å².